The van der Waals surface area contributed by atoms with E-state index >= 15 is 0 Å². The zero-order chi connectivity index (χ0) is 29.4. The molecule has 2 saturated heterocycles. The molecule has 3 atom stereocenters. The molecule has 5 heterocycles. The van der Waals surface area contributed by atoms with Gasteiger partial charge in [0.15, 0.2) is 15.5 Å². The van der Waals surface area contributed by atoms with Crippen LogP contribution in [0.25, 0.3) is 28.0 Å². The molecule has 1 aromatic carbocycles. The molecular weight excluding hydrogens is 556 g/mol. The second kappa shape index (κ2) is 11.4. The summed E-state index contributed by atoms with van der Waals surface area (Å²) in [5.74, 6) is -0.192. The van der Waals surface area contributed by atoms with Gasteiger partial charge in [0, 0.05) is 54.3 Å². The number of methoxy groups -OCH3 is 1. The van der Waals surface area contributed by atoms with Crippen molar-refractivity contribution < 1.29 is 22.7 Å². The highest BCUT2D eigenvalue weighted by atomic mass is 32.2. The molecule has 2 aliphatic heterocycles. The van der Waals surface area contributed by atoms with Crippen LogP contribution in [0.2, 0.25) is 0 Å². The number of sulfone groups is 1. The molecule has 12 heteroatoms. The summed E-state index contributed by atoms with van der Waals surface area (Å²) in [6.07, 6.45) is 7.46. The average Bonchev–Trinajstić information content (AvgIpc) is 3.53. The number of aromatic nitrogens is 4. The number of anilines is 1. The minimum Gasteiger partial charge on any atom is -0.382 e. The topological polar surface area (TPSA) is 142 Å². The van der Waals surface area contributed by atoms with Gasteiger partial charge in [-0.3, -0.25) is 9.78 Å². The fourth-order valence-electron chi connectivity index (χ4n) is 6.40. The zero-order valence-corrected chi connectivity index (χ0v) is 24.5. The number of nitrogens with zero attached hydrogens (tertiary/aromatic N) is 5. The van der Waals surface area contributed by atoms with E-state index in [0.29, 0.717) is 43.0 Å². The predicted molar refractivity (Wildman–Crippen MR) is 158 cm³/mol. The largest absolute Gasteiger partial charge is 0.382 e. The predicted octanol–water partition coefficient (Wildman–Crippen LogP) is 3.34. The smallest absolute Gasteiger partial charge is 0.249 e. The Hall–Kier alpha value is -3.87. The molecule has 2 fully saturated rings. The molecule has 42 heavy (non-hydrogen) atoms. The Bertz CT molecular complexity index is 1690. The van der Waals surface area contributed by atoms with Gasteiger partial charge in [0.2, 0.25) is 5.91 Å². The van der Waals surface area contributed by atoms with E-state index in [0.717, 1.165) is 35.9 Å². The van der Waals surface area contributed by atoms with Gasteiger partial charge in [-0.25, -0.2) is 13.4 Å². The highest BCUT2D eigenvalue weighted by Crippen LogP contribution is 2.45. The van der Waals surface area contributed by atoms with E-state index in [2.05, 4.69) is 10.1 Å². The number of amides is 1. The van der Waals surface area contributed by atoms with Crippen LogP contribution in [-0.2, 0) is 24.1 Å². The number of carbonyl (C=O) groups is 1. The monoisotopic (exact) mass is 590 g/mol. The SMILES string of the molecule is COCCOCC(=O)N1[C@@H]2CC[C@H]1CC(c1nc3c(-c4ccc(-c5ccccc5)nc4)cnn3c(N)c1S(C)(=O)=O)C2. The third-order valence-electron chi connectivity index (χ3n) is 8.24. The van der Waals surface area contributed by atoms with E-state index in [1.54, 1.807) is 19.5 Å². The van der Waals surface area contributed by atoms with Gasteiger partial charge < -0.3 is 20.1 Å². The minimum atomic E-state index is -3.73. The fourth-order valence-corrected chi connectivity index (χ4v) is 7.45. The van der Waals surface area contributed by atoms with Crippen LogP contribution < -0.4 is 5.73 Å². The molecule has 11 nitrogen and oxygen atoms in total. The number of hydrogen-bond donors (Lipinski definition) is 1. The lowest BCUT2D eigenvalue weighted by atomic mass is 9.87. The molecule has 0 saturated carbocycles. The number of benzene rings is 1. The number of nitrogen functional groups attached to an aromatic ring is 1. The number of nitrogens with two attached hydrogens (primary N) is 1. The van der Waals surface area contributed by atoms with Crippen molar-refractivity contribution in [3.05, 3.63) is 60.6 Å². The molecular formula is C30H34N6O5S. The summed E-state index contributed by atoms with van der Waals surface area (Å²) in [5.41, 5.74) is 10.8. The molecule has 0 spiro atoms. The molecule has 2 bridgehead atoms. The Balaban J connectivity index is 1.34. The van der Waals surface area contributed by atoms with Gasteiger partial charge in [0.1, 0.15) is 17.3 Å². The molecule has 220 valence electrons. The third kappa shape index (κ3) is 5.25. The summed E-state index contributed by atoms with van der Waals surface area (Å²) in [7, 11) is -2.14. The summed E-state index contributed by atoms with van der Waals surface area (Å²) in [6, 6.07) is 13.7. The van der Waals surface area contributed by atoms with Crippen LogP contribution in [0.4, 0.5) is 5.82 Å². The summed E-state index contributed by atoms with van der Waals surface area (Å²) in [5, 5.41) is 4.42. The number of pyridine rings is 1. The standard InChI is InChI=1S/C30H34N6O5S/c1-40-12-13-41-18-26(37)35-22-9-10-23(35)15-21(14-22)27-28(42(2,38)39)29(31)36-30(34-27)24(17-33-36)20-8-11-25(32-16-20)19-6-4-3-5-7-19/h3-8,11,16-17,21-23H,9-10,12-15,18,31H2,1-2H3/t21?,22-,23+. The molecule has 0 radical (unpaired) electrons. The number of carbonyl (C=O) groups excluding carboxylic acids is 1. The van der Waals surface area contributed by atoms with E-state index in [1.807, 2.05) is 47.4 Å². The van der Waals surface area contributed by atoms with E-state index < -0.39 is 9.84 Å². The molecule has 4 aromatic rings. The summed E-state index contributed by atoms with van der Waals surface area (Å²) in [4.78, 5) is 24.5. The van der Waals surface area contributed by atoms with Crippen LogP contribution in [0.15, 0.2) is 59.8 Å². The normalized spacial score (nSPS) is 20.3. The minimum absolute atomic E-state index is 0.00303. The van der Waals surface area contributed by atoms with Crippen LogP contribution in [0.3, 0.4) is 0 Å². The number of hydrogen-bond acceptors (Lipinski definition) is 9. The summed E-state index contributed by atoms with van der Waals surface area (Å²) < 4.78 is 38.0. The van der Waals surface area contributed by atoms with Crippen molar-refractivity contribution in [3.63, 3.8) is 0 Å². The maximum atomic E-state index is 13.1. The highest BCUT2D eigenvalue weighted by molar-refractivity contribution is 7.91. The Labute approximate surface area is 244 Å². The van der Waals surface area contributed by atoms with Crippen molar-refractivity contribution in [1.29, 1.82) is 0 Å². The highest BCUT2D eigenvalue weighted by Gasteiger charge is 2.45. The van der Waals surface area contributed by atoms with Crippen LogP contribution >= 0.6 is 0 Å². The average molecular weight is 591 g/mol. The Morgan fingerprint density at radius 3 is 2.40 bits per heavy atom. The quantitative estimate of drug-likeness (QED) is 0.290. The van der Waals surface area contributed by atoms with Crippen molar-refractivity contribution in [3.8, 4) is 22.4 Å². The lowest BCUT2D eigenvalue weighted by Gasteiger charge is -2.39. The Kier molecular flexibility index (Phi) is 7.69. The van der Waals surface area contributed by atoms with E-state index in [1.165, 1.54) is 4.52 Å². The summed E-state index contributed by atoms with van der Waals surface area (Å²) in [6.45, 7) is 0.784. The first-order valence-corrected chi connectivity index (χ1v) is 15.9. The number of ether oxygens (including phenoxy) is 2. The van der Waals surface area contributed by atoms with Gasteiger partial charge in [-0.15, -0.1) is 0 Å². The zero-order valence-electron chi connectivity index (χ0n) is 23.6. The van der Waals surface area contributed by atoms with Crippen LogP contribution in [0.1, 0.15) is 37.3 Å². The van der Waals surface area contributed by atoms with Gasteiger partial charge in [-0.1, -0.05) is 36.4 Å². The molecule has 2 N–H and O–H groups in total. The van der Waals surface area contributed by atoms with Gasteiger partial charge in [0.05, 0.1) is 30.8 Å². The van der Waals surface area contributed by atoms with Crippen LogP contribution in [0.5, 0.6) is 0 Å². The summed E-state index contributed by atoms with van der Waals surface area (Å²) >= 11 is 0. The lowest BCUT2D eigenvalue weighted by molar-refractivity contribution is -0.141. The van der Waals surface area contributed by atoms with Crippen molar-refractivity contribution in [2.75, 3.05) is 38.9 Å². The second-order valence-electron chi connectivity index (χ2n) is 11.0. The number of fused-ring (bicyclic) bond motifs is 3. The lowest BCUT2D eigenvalue weighted by Crippen LogP contribution is -2.47. The molecule has 3 aromatic heterocycles. The molecule has 1 unspecified atom stereocenters. The maximum Gasteiger partial charge on any atom is 0.249 e. The van der Waals surface area contributed by atoms with Gasteiger partial charge in [-0.05, 0) is 31.7 Å². The van der Waals surface area contributed by atoms with Crippen LogP contribution in [0, 0.1) is 0 Å². The third-order valence-corrected chi connectivity index (χ3v) is 9.40. The van der Waals surface area contributed by atoms with Gasteiger partial charge in [0.25, 0.3) is 0 Å². The first kappa shape index (κ1) is 28.3. The first-order valence-electron chi connectivity index (χ1n) is 14.0. The number of rotatable bonds is 9. The van der Waals surface area contributed by atoms with Crippen molar-refractivity contribution in [1.82, 2.24) is 24.5 Å². The van der Waals surface area contributed by atoms with E-state index in [-0.39, 0.29) is 41.2 Å². The Morgan fingerprint density at radius 1 is 1.02 bits per heavy atom. The van der Waals surface area contributed by atoms with Crippen molar-refractivity contribution in [2.45, 2.75) is 48.6 Å². The van der Waals surface area contributed by atoms with Crippen molar-refractivity contribution in [2.24, 2.45) is 0 Å². The Morgan fingerprint density at radius 2 is 1.76 bits per heavy atom. The van der Waals surface area contributed by atoms with Gasteiger partial charge in [-0.2, -0.15) is 9.61 Å². The molecule has 2 aliphatic rings. The maximum absolute atomic E-state index is 13.1. The van der Waals surface area contributed by atoms with Crippen LogP contribution in [-0.4, -0.2) is 84.1 Å². The fraction of sp³-hybridized carbons (Fsp3) is 0.400. The first-order chi connectivity index (χ1) is 20.3. The van der Waals surface area contributed by atoms with Crippen molar-refractivity contribution >= 4 is 27.2 Å². The second-order valence-corrected chi connectivity index (χ2v) is 12.9. The number of piperidine rings is 1. The molecule has 6 rings (SSSR count). The molecule has 0 aliphatic carbocycles. The van der Waals surface area contributed by atoms with E-state index in [4.69, 9.17) is 20.2 Å². The van der Waals surface area contributed by atoms with Gasteiger partial charge >= 0.3 is 0 Å². The van der Waals surface area contributed by atoms with E-state index in [9.17, 15) is 13.2 Å². The molecule has 1 amide bonds.